The number of rotatable bonds is 8. The molecular weight excluding hydrogens is 142 g/mol. The molecule has 66 valence electrons. The molecule has 0 atom stereocenters. The molecular formula is C8H17NO2. The van der Waals surface area contributed by atoms with Gasteiger partial charge in [-0.3, -0.25) is 4.79 Å². The summed E-state index contributed by atoms with van der Waals surface area (Å²) in [6, 6.07) is 0. The molecule has 0 aliphatic rings. The minimum atomic E-state index is 0.480. The lowest BCUT2D eigenvalue weighted by Crippen LogP contribution is -2.20. The number of ether oxygens (including phenoxy) is 1. The molecule has 0 aliphatic carbocycles. The monoisotopic (exact) mass is 159 g/mol. The van der Waals surface area contributed by atoms with Gasteiger partial charge in [0, 0.05) is 6.54 Å². The number of carbonyl (C=O) groups is 1. The zero-order chi connectivity index (χ0) is 8.36. The van der Waals surface area contributed by atoms with Crippen LogP contribution in [-0.4, -0.2) is 26.2 Å². The maximum atomic E-state index is 9.69. The van der Waals surface area contributed by atoms with Crippen LogP contribution in [0.1, 0.15) is 26.2 Å². The summed E-state index contributed by atoms with van der Waals surface area (Å²) in [6.07, 6.45) is 3.71. The van der Waals surface area contributed by atoms with Crippen molar-refractivity contribution in [1.29, 1.82) is 0 Å². The molecule has 0 unspecified atom stereocenters. The summed E-state index contributed by atoms with van der Waals surface area (Å²) in [5.74, 6) is 0. The lowest BCUT2D eigenvalue weighted by Gasteiger charge is -2.01. The first-order chi connectivity index (χ1) is 5.41. The van der Waals surface area contributed by atoms with Crippen molar-refractivity contribution in [3.8, 4) is 0 Å². The molecule has 0 amide bonds. The largest absolute Gasteiger partial charge is 0.467 e. The SMILES string of the molecule is CCCCCNCCOC=O. The molecule has 11 heavy (non-hydrogen) atoms. The topological polar surface area (TPSA) is 38.3 Å². The van der Waals surface area contributed by atoms with Crippen molar-refractivity contribution in [2.45, 2.75) is 26.2 Å². The molecule has 0 fully saturated rings. The Morgan fingerprint density at radius 3 is 2.82 bits per heavy atom. The van der Waals surface area contributed by atoms with Crippen LogP contribution in [0.25, 0.3) is 0 Å². The highest BCUT2D eigenvalue weighted by atomic mass is 16.5. The molecule has 0 heterocycles. The third-order valence-corrected chi connectivity index (χ3v) is 1.42. The molecule has 0 radical (unpaired) electrons. The first kappa shape index (κ1) is 10.4. The van der Waals surface area contributed by atoms with Gasteiger partial charge in [-0.25, -0.2) is 0 Å². The molecule has 0 aromatic carbocycles. The number of hydrogen-bond donors (Lipinski definition) is 1. The fourth-order valence-corrected chi connectivity index (χ4v) is 0.804. The fourth-order valence-electron chi connectivity index (χ4n) is 0.804. The highest BCUT2D eigenvalue weighted by Gasteiger charge is 1.86. The molecule has 1 N–H and O–H groups in total. The van der Waals surface area contributed by atoms with Gasteiger partial charge in [0.05, 0.1) is 0 Å². The van der Waals surface area contributed by atoms with Crippen molar-refractivity contribution in [2.24, 2.45) is 0 Å². The highest BCUT2D eigenvalue weighted by molar-refractivity contribution is 5.36. The second kappa shape index (κ2) is 9.43. The van der Waals surface area contributed by atoms with E-state index in [4.69, 9.17) is 0 Å². The first-order valence-electron chi connectivity index (χ1n) is 4.17. The van der Waals surface area contributed by atoms with E-state index in [2.05, 4.69) is 17.0 Å². The molecule has 0 spiro atoms. The molecule has 3 heteroatoms. The van der Waals surface area contributed by atoms with E-state index in [1.807, 2.05) is 0 Å². The van der Waals surface area contributed by atoms with Crippen LogP contribution < -0.4 is 5.32 Å². The minimum Gasteiger partial charge on any atom is -0.467 e. The van der Waals surface area contributed by atoms with Crippen LogP contribution in [0.3, 0.4) is 0 Å². The Hall–Kier alpha value is -0.570. The number of carbonyl (C=O) groups excluding carboxylic acids is 1. The van der Waals surface area contributed by atoms with Gasteiger partial charge in [-0.2, -0.15) is 0 Å². The Balaban J connectivity index is 2.74. The summed E-state index contributed by atoms with van der Waals surface area (Å²) in [5, 5.41) is 3.17. The van der Waals surface area contributed by atoms with E-state index in [0.29, 0.717) is 13.1 Å². The number of nitrogens with one attached hydrogen (secondary N) is 1. The van der Waals surface area contributed by atoms with Gasteiger partial charge in [0.15, 0.2) is 0 Å². The van der Waals surface area contributed by atoms with Crippen molar-refractivity contribution in [3.05, 3.63) is 0 Å². The molecule has 0 bridgehead atoms. The Morgan fingerprint density at radius 1 is 1.36 bits per heavy atom. The van der Waals surface area contributed by atoms with Gasteiger partial charge in [0.2, 0.25) is 0 Å². The Kier molecular flexibility index (Phi) is 8.94. The van der Waals surface area contributed by atoms with E-state index >= 15 is 0 Å². The van der Waals surface area contributed by atoms with Crippen LogP contribution >= 0.6 is 0 Å². The second-order valence-electron chi connectivity index (χ2n) is 2.42. The quantitative estimate of drug-likeness (QED) is 0.423. The van der Waals surface area contributed by atoms with Gasteiger partial charge in [-0.1, -0.05) is 19.8 Å². The average molecular weight is 159 g/mol. The number of unbranched alkanes of at least 4 members (excludes halogenated alkanes) is 2. The van der Waals surface area contributed by atoms with E-state index < -0.39 is 0 Å². The predicted molar refractivity (Wildman–Crippen MR) is 44.4 cm³/mol. The van der Waals surface area contributed by atoms with Crippen molar-refractivity contribution in [2.75, 3.05) is 19.7 Å². The summed E-state index contributed by atoms with van der Waals surface area (Å²) in [4.78, 5) is 9.69. The Labute approximate surface area is 68.1 Å². The van der Waals surface area contributed by atoms with E-state index in [1.165, 1.54) is 19.3 Å². The smallest absolute Gasteiger partial charge is 0.293 e. The van der Waals surface area contributed by atoms with Gasteiger partial charge in [0.1, 0.15) is 6.61 Å². The molecule has 0 aromatic rings. The Morgan fingerprint density at radius 2 is 2.18 bits per heavy atom. The third kappa shape index (κ3) is 9.43. The average Bonchev–Trinajstić information content (AvgIpc) is 2.03. The molecule has 0 saturated heterocycles. The molecule has 0 saturated carbocycles. The van der Waals surface area contributed by atoms with Crippen LogP contribution in [0, 0.1) is 0 Å². The second-order valence-corrected chi connectivity index (χ2v) is 2.42. The molecule has 3 nitrogen and oxygen atoms in total. The lowest BCUT2D eigenvalue weighted by molar-refractivity contribution is -0.128. The zero-order valence-electron chi connectivity index (χ0n) is 7.14. The standard InChI is InChI=1S/C8H17NO2/c1-2-3-4-5-9-6-7-11-8-10/h8-9H,2-7H2,1H3. The first-order valence-corrected chi connectivity index (χ1v) is 4.17. The van der Waals surface area contributed by atoms with Crippen LogP contribution in [0.4, 0.5) is 0 Å². The molecule has 0 aromatic heterocycles. The van der Waals surface area contributed by atoms with Crippen molar-refractivity contribution in [3.63, 3.8) is 0 Å². The maximum absolute atomic E-state index is 9.69. The van der Waals surface area contributed by atoms with Crippen LogP contribution in [0.15, 0.2) is 0 Å². The van der Waals surface area contributed by atoms with E-state index in [0.717, 1.165) is 13.1 Å². The third-order valence-electron chi connectivity index (χ3n) is 1.42. The van der Waals surface area contributed by atoms with Crippen LogP contribution in [0.2, 0.25) is 0 Å². The van der Waals surface area contributed by atoms with Gasteiger partial charge in [-0.05, 0) is 13.0 Å². The van der Waals surface area contributed by atoms with Crippen molar-refractivity contribution >= 4 is 6.47 Å². The van der Waals surface area contributed by atoms with Gasteiger partial charge < -0.3 is 10.1 Å². The maximum Gasteiger partial charge on any atom is 0.293 e. The summed E-state index contributed by atoms with van der Waals surface area (Å²) in [5.41, 5.74) is 0. The van der Waals surface area contributed by atoms with Crippen LogP contribution in [0.5, 0.6) is 0 Å². The normalized spacial score (nSPS) is 9.55. The zero-order valence-corrected chi connectivity index (χ0v) is 7.14. The summed E-state index contributed by atoms with van der Waals surface area (Å²) >= 11 is 0. The Bertz CT molecular complexity index is 86.2. The van der Waals surface area contributed by atoms with E-state index in [1.54, 1.807) is 0 Å². The summed E-state index contributed by atoms with van der Waals surface area (Å²) < 4.78 is 4.50. The van der Waals surface area contributed by atoms with E-state index in [-0.39, 0.29) is 0 Å². The molecule has 0 rings (SSSR count). The lowest BCUT2D eigenvalue weighted by atomic mass is 10.2. The van der Waals surface area contributed by atoms with Crippen molar-refractivity contribution < 1.29 is 9.53 Å². The van der Waals surface area contributed by atoms with Crippen LogP contribution in [-0.2, 0) is 9.53 Å². The number of hydrogen-bond acceptors (Lipinski definition) is 3. The summed E-state index contributed by atoms with van der Waals surface area (Å²) in [6.45, 7) is 4.93. The minimum absolute atomic E-state index is 0.480. The van der Waals surface area contributed by atoms with Gasteiger partial charge in [-0.15, -0.1) is 0 Å². The van der Waals surface area contributed by atoms with Gasteiger partial charge in [0.25, 0.3) is 6.47 Å². The molecule has 0 aliphatic heterocycles. The van der Waals surface area contributed by atoms with Crippen molar-refractivity contribution in [1.82, 2.24) is 5.32 Å². The highest BCUT2D eigenvalue weighted by Crippen LogP contribution is 1.90. The van der Waals surface area contributed by atoms with E-state index in [9.17, 15) is 4.79 Å². The fraction of sp³-hybridized carbons (Fsp3) is 0.875. The van der Waals surface area contributed by atoms with Gasteiger partial charge >= 0.3 is 0 Å². The predicted octanol–water partition coefficient (Wildman–Crippen LogP) is 0.939. The summed E-state index contributed by atoms with van der Waals surface area (Å²) in [7, 11) is 0.